The summed E-state index contributed by atoms with van der Waals surface area (Å²) in [5.74, 6) is -1.04. The minimum Gasteiger partial charge on any atom is -0.550 e. The number of H-pyrrole nitrogens is 1. The molecule has 1 aromatic carbocycles. The average Bonchev–Trinajstić information content (AvgIpc) is 2.69. The molecule has 94 valence electrons. The molecule has 0 saturated heterocycles. The minimum atomic E-state index is -1.16. The van der Waals surface area contributed by atoms with Gasteiger partial charge in [-0.3, -0.25) is 9.67 Å². The molecule has 0 spiro atoms. The monoisotopic (exact) mass is 266 g/mol. The van der Waals surface area contributed by atoms with Crippen molar-refractivity contribution >= 4 is 18.2 Å². The summed E-state index contributed by atoms with van der Waals surface area (Å²) >= 11 is 5.01. The Hall–Kier alpha value is -2.02. The number of halogens is 1. The third-order valence-corrected chi connectivity index (χ3v) is 2.71. The van der Waals surface area contributed by atoms with Gasteiger partial charge in [-0.25, -0.2) is 4.39 Å². The predicted octanol–water partition coefficient (Wildman–Crippen LogP) is 0.887. The SMILES string of the molecule is O=C([O-])CCn1c(-c2ccc(F)cc2)n[nH]c1=S. The van der Waals surface area contributed by atoms with Crippen molar-refractivity contribution in [2.75, 3.05) is 0 Å². The van der Waals surface area contributed by atoms with E-state index >= 15 is 0 Å². The van der Waals surface area contributed by atoms with E-state index in [0.717, 1.165) is 0 Å². The fraction of sp³-hybridized carbons (Fsp3) is 0.182. The molecule has 5 nitrogen and oxygen atoms in total. The summed E-state index contributed by atoms with van der Waals surface area (Å²) in [6.07, 6.45) is -0.165. The van der Waals surface area contributed by atoms with Crippen LogP contribution in [0.2, 0.25) is 0 Å². The van der Waals surface area contributed by atoms with E-state index in [9.17, 15) is 14.3 Å². The molecule has 2 aromatic rings. The molecule has 2 rings (SSSR count). The van der Waals surface area contributed by atoms with E-state index < -0.39 is 5.97 Å². The lowest BCUT2D eigenvalue weighted by molar-refractivity contribution is -0.305. The average molecular weight is 266 g/mol. The molecule has 0 bridgehead atoms. The third kappa shape index (κ3) is 2.62. The zero-order chi connectivity index (χ0) is 13.1. The zero-order valence-corrected chi connectivity index (χ0v) is 10.0. The number of aromatic amines is 1. The molecule has 0 saturated carbocycles. The van der Waals surface area contributed by atoms with E-state index in [4.69, 9.17) is 12.2 Å². The summed E-state index contributed by atoms with van der Waals surface area (Å²) in [7, 11) is 0. The van der Waals surface area contributed by atoms with E-state index in [0.29, 0.717) is 16.2 Å². The van der Waals surface area contributed by atoms with Crippen LogP contribution in [0.1, 0.15) is 6.42 Å². The van der Waals surface area contributed by atoms with Crippen molar-refractivity contribution in [3.05, 3.63) is 34.9 Å². The molecule has 1 heterocycles. The Bertz CT molecular complexity index is 618. The lowest BCUT2D eigenvalue weighted by Crippen LogP contribution is -2.23. The van der Waals surface area contributed by atoms with Gasteiger partial charge in [0.2, 0.25) is 0 Å². The van der Waals surface area contributed by atoms with Gasteiger partial charge in [-0.2, -0.15) is 5.10 Å². The van der Waals surface area contributed by atoms with Gasteiger partial charge in [-0.1, -0.05) is 0 Å². The second-order valence-electron chi connectivity index (χ2n) is 3.63. The maximum Gasteiger partial charge on any atom is 0.195 e. The summed E-state index contributed by atoms with van der Waals surface area (Å²) in [6.45, 7) is 0.157. The standard InChI is InChI=1S/C11H10FN3O2S/c12-8-3-1-7(2-4-8)10-13-14-11(18)15(10)6-5-9(16)17/h1-4H,5-6H2,(H,14,18)(H,16,17)/p-1. The van der Waals surface area contributed by atoms with Crippen molar-refractivity contribution in [1.29, 1.82) is 0 Å². The Labute approximate surface area is 107 Å². The highest BCUT2D eigenvalue weighted by atomic mass is 32.1. The van der Waals surface area contributed by atoms with Crippen LogP contribution in [0.3, 0.4) is 0 Å². The number of carboxylic acids is 1. The van der Waals surface area contributed by atoms with Gasteiger partial charge in [0.05, 0.1) is 0 Å². The highest BCUT2D eigenvalue weighted by Crippen LogP contribution is 2.17. The van der Waals surface area contributed by atoms with Crippen LogP contribution in [-0.4, -0.2) is 20.7 Å². The lowest BCUT2D eigenvalue weighted by atomic mass is 10.2. The molecule has 0 aliphatic rings. The Balaban J connectivity index is 2.36. The molecule has 1 aromatic heterocycles. The van der Waals surface area contributed by atoms with E-state index in [1.165, 1.54) is 12.1 Å². The second kappa shape index (κ2) is 5.09. The Morgan fingerprint density at radius 1 is 1.44 bits per heavy atom. The zero-order valence-electron chi connectivity index (χ0n) is 9.22. The van der Waals surface area contributed by atoms with Crippen LogP contribution in [0.25, 0.3) is 11.4 Å². The molecule has 0 radical (unpaired) electrons. The van der Waals surface area contributed by atoms with Crippen LogP contribution in [0.5, 0.6) is 0 Å². The molecule has 0 fully saturated rings. The first-order valence-electron chi connectivity index (χ1n) is 5.19. The Kier molecular flexibility index (Phi) is 3.52. The summed E-state index contributed by atoms with van der Waals surface area (Å²) in [4.78, 5) is 10.5. The number of carboxylic acid groups (broad SMARTS) is 1. The van der Waals surface area contributed by atoms with E-state index in [2.05, 4.69) is 10.2 Å². The second-order valence-corrected chi connectivity index (χ2v) is 4.02. The van der Waals surface area contributed by atoms with Crippen molar-refractivity contribution in [2.24, 2.45) is 0 Å². The van der Waals surface area contributed by atoms with Crippen LogP contribution < -0.4 is 5.11 Å². The van der Waals surface area contributed by atoms with Gasteiger partial charge in [-0.15, -0.1) is 0 Å². The van der Waals surface area contributed by atoms with Crippen molar-refractivity contribution in [3.8, 4) is 11.4 Å². The van der Waals surface area contributed by atoms with E-state index in [-0.39, 0.29) is 18.8 Å². The molecule has 0 atom stereocenters. The third-order valence-electron chi connectivity index (χ3n) is 2.40. The van der Waals surface area contributed by atoms with Gasteiger partial charge in [0.1, 0.15) is 5.82 Å². The summed E-state index contributed by atoms with van der Waals surface area (Å²) in [6, 6.07) is 5.71. The van der Waals surface area contributed by atoms with Crippen LogP contribution in [0.4, 0.5) is 4.39 Å². The molecule has 0 aliphatic carbocycles. The van der Waals surface area contributed by atoms with Gasteiger partial charge in [0.15, 0.2) is 10.6 Å². The number of hydrogen-bond donors (Lipinski definition) is 1. The molecular weight excluding hydrogens is 257 g/mol. The van der Waals surface area contributed by atoms with Crippen LogP contribution in [0, 0.1) is 10.6 Å². The number of nitrogens with one attached hydrogen (secondary N) is 1. The molecule has 18 heavy (non-hydrogen) atoms. The number of benzene rings is 1. The van der Waals surface area contributed by atoms with Crippen molar-refractivity contribution in [2.45, 2.75) is 13.0 Å². The highest BCUT2D eigenvalue weighted by molar-refractivity contribution is 7.71. The minimum absolute atomic E-state index is 0.157. The maximum atomic E-state index is 12.8. The first-order valence-corrected chi connectivity index (χ1v) is 5.60. The normalized spacial score (nSPS) is 10.5. The number of aliphatic carboxylic acids is 1. The number of rotatable bonds is 4. The first kappa shape index (κ1) is 12.4. The number of nitrogens with zero attached hydrogens (tertiary/aromatic N) is 2. The molecule has 1 N–H and O–H groups in total. The van der Waals surface area contributed by atoms with Crippen LogP contribution >= 0.6 is 12.2 Å². The van der Waals surface area contributed by atoms with E-state index in [1.54, 1.807) is 16.7 Å². The van der Waals surface area contributed by atoms with Crippen molar-refractivity contribution < 1.29 is 14.3 Å². The number of aromatic nitrogens is 3. The Morgan fingerprint density at radius 3 is 2.72 bits per heavy atom. The topological polar surface area (TPSA) is 73.7 Å². The van der Waals surface area contributed by atoms with Gasteiger partial charge >= 0.3 is 0 Å². The largest absolute Gasteiger partial charge is 0.550 e. The number of hydrogen-bond acceptors (Lipinski definition) is 4. The fourth-order valence-corrected chi connectivity index (χ4v) is 1.77. The molecule has 0 unspecified atom stereocenters. The van der Waals surface area contributed by atoms with Crippen LogP contribution in [0.15, 0.2) is 24.3 Å². The molecule has 7 heteroatoms. The van der Waals surface area contributed by atoms with Gasteiger partial charge in [0.25, 0.3) is 0 Å². The van der Waals surface area contributed by atoms with Crippen molar-refractivity contribution in [1.82, 2.24) is 14.8 Å². The smallest absolute Gasteiger partial charge is 0.195 e. The first-order chi connectivity index (χ1) is 8.58. The van der Waals surface area contributed by atoms with Gasteiger partial charge in [0, 0.05) is 24.5 Å². The summed E-state index contributed by atoms with van der Waals surface area (Å²) in [5, 5.41) is 17.0. The van der Waals surface area contributed by atoms with Gasteiger partial charge in [-0.05, 0) is 36.5 Å². The summed E-state index contributed by atoms with van der Waals surface area (Å²) < 4.78 is 14.7. The highest BCUT2D eigenvalue weighted by Gasteiger charge is 2.08. The van der Waals surface area contributed by atoms with Crippen molar-refractivity contribution in [3.63, 3.8) is 0 Å². The molecular formula is C11H9FN3O2S-. The lowest BCUT2D eigenvalue weighted by Gasteiger charge is -2.07. The van der Waals surface area contributed by atoms with Crippen LogP contribution in [-0.2, 0) is 11.3 Å². The Morgan fingerprint density at radius 2 is 2.11 bits per heavy atom. The maximum absolute atomic E-state index is 12.8. The predicted molar refractivity (Wildman–Crippen MR) is 62.4 cm³/mol. The quantitative estimate of drug-likeness (QED) is 0.834. The number of carbonyl (C=O) groups excluding carboxylic acids is 1. The van der Waals surface area contributed by atoms with Gasteiger partial charge < -0.3 is 9.90 Å². The molecule has 0 amide bonds. The fourth-order valence-electron chi connectivity index (χ4n) is 1.55. The number of carbonyl (C=O) groups is 1. The summed E-state index contributed by atoms with van der Waals surface area (Å²) in [5.41, 5.74) is 0.655. The molecule has 0 aliphatic heterocycles. The van der Waals surface area contributed by atoms with E-state index in [1.807, 2.05) is 0 Å².